The van der Waals surface area contributed by atoms with Crippen LogP contribution in [0.2, 0.25) is 0 Å². The Bertz CT molecular complexity index is 1190. The third-order valence-corrected chi connectivity index (χ3v) is 5.36. The molecule has 0 unspecified atom stereocenters. The Morgan fingerprint density at radius 1 is 1.03 bits per heavy atom. The van der Waals surface area contributed by atoms with Crippen LogP contribution in [0, 0.1) is 10.1 Å². The van der Waals surface area contributed by atoms with E-state index in [0.29, 0.717) is 36.1 Å². The van der Waals surface area contributed by atoms with Crippen LogP contribution in [0.4, 0.5) is 10.8 Å². The fraction of sp³-hybridized carbons (Fsp3) is 0.130. The van der Waals surface area contributed by atoms with E-state index in [1.54, 1.807) is 6.07 Å². The molecule has 0 atom stereocenters. The number of benzene rings is 3. The van der Waals surface area contributed by atoms with E-state index in [1.807, 2.05) is 54.6 Å². The summed E-state index contributed by atoms with van der Waals surface area (Å²) in [5.74, 6) is 1.31. The van der Waals surface area contributed by atoms with E-state index in [4.69, 9.17) is 9.47 Å². The second-order valence-electron chi connectivity index (χ2n) is 6.70. The molecule has 0 bridgehead atoms. The molecule has 0 saturated heterocycles. The number of aromatic nitrogens is 1. The van der Waals surface area contributed by atoms with E-state index in [-0.39, 0.29) is 5.69 Å². The van der Waals surface area contributed by atoms with Gasteiger partial charge < -0.3 is 9.47 Å². The van der Waals surface area contributed by atoms with Crippen LogP contribution in [0.15, 0.2) is 77.9 Å². The lowest BCUT2D eigenvalue weighted by atomic mass is 10.2. The van der Waals surface area contributed by atoms with Gasteiger partial charge in [-0.1, -0.05) is 41.7 Å². The van der Waals surface area contributed by atoms with Gasteiger partial charge in [-0.25, -0.2) is 4.98 Å². The number of nitro benzene ring substituents is 1. The molecule has 4 aromatic rings. The summed E-state index contributed by atoms with van der Waals surface area (Å²) in [5.41, 5.74) is 4.23. The second-order valence-corrected chi connectivity index (χ2v) is 7.73. The minimum Gasteiger partial charge on any atom is -0.493 e. The molecule has 0 amide bonds. The Morgan fingerprint density at radius 2 is 1.81 bits per heavy atom. The van der Waals surface area contributed by atoms with Gasteiger partial charge in [-0.05, 0) is 30.3 Å². The normalized spacial score (nSPS) is 11.0. The molecule has 0 saturated carbocycles. The zero-order valence-electron chi connectivity index (χ0n) is 17.0. The molecule has 0 aliphatic carbocycles. The summed E-state index contributed by atoms with van der Waals surface area (Å²) in [6.07, 6.45) is 2.15. The lowest BCUT2D eigenvalue weighted by Gasteiger charge is -2.10. The summed E-state index contributed by atoms with van der Waals surface area (Å²) in [4.78, 5) is 15.2. The highest BCUT2D eigenvalue weighted by Crippen LogP contribution is 2.26. The highest BCUT2D eigenvalue weighted by Gasteiger charge is 2.11. The van der Waals surface area contributed by atoms with E-state index in [9.17, 15) is 10.1 Å². The Labute approximate surface area is 188 Å². The summed E-state index contributed by atoms with van der Waals surface area (Å²) in [6, 6.07) is 21.7. The van der Waals surface area contributed by atoms with Gasteiger partial charge in [0.2, 0.25) is 5.13 Å². The van der Waals surface area contributed by atoms with E-state index in [0.717, 1.165) is 16.0 Å². The quantitative estimate of drug-likeness (QED) is 0.149. The fourth-order valence-electron chi connectivity index (χ4n) is 2.91. The number of hydrogen-bond donors (Lipinski definition) is 1. The topological polar surface area (TPSA) is 98.9 Å². The lowest BCUT2D eigenvalue weighted by molar-refractivity contribution is -0.384. The van der Waals surface area contributed by atoms with Crippen molar-refractivity contribution in [3.05, 3.63) is 88.5 Å². The summed E-state index contributed by atoms with van der Waals surface area (Å²) < 4.78 is 12.5. The number of nitro groups is 1. The van der Waals surface area contributed by atoms with Crippen LogP contribution in [0.3, 0.4) is 0 Å². The van der Waals surface area contributed by atoms with Crippen LogP contribution in [0.1, 0.15) is 12.0 Å². The standard InChI is InChI=1S/C23H20N4O4S/c28-27(29)18-11-12-21(31-14-6-13-30-19-7-2-1-3-8-19)17(15-18)16-24-26-23-25-20-9-4-5-10-22(20)32-23/h1-5,7-12,15-16H,6,13-14H2,(H,25,26)/b24-16-. The summed E-state index contributed by atoms with van der Waals surface area (Å²) in [7, 11) is 0. The SMILES string of the molecule is O=[N+]([O-])c1ccc(OCCCOc2ccccc2)c(/C=N\Nc2nc3ccccc3s2)c1. The van der Waals surface area contributed by atoms with Crippen LogP contribution < -0.4 is 14.9 Å². The molecule has 3 aromatic carbocycles. The van der Waals surface area contributed by atoms with Gasteiger partial charge in [0.1, 0.15) is 11.5 Å². The van der Waals surface area contributed by atoms with Crippen molar-refractivity contribution >= 4 is 38.6 Å². The number of hydrazone groups is 1. The largest absolute Gasteiger partial charge is 0.493 e. The van der Waals surface area contributed by atoms with Gasteiger partial charge in [-0.3, -0.25) is 15.5 Å². The molecular formula is C23H20N4O4S. The Hall–Kier alpha value is -3.98. The van der Waals surface area contributed by atoms with Crippen molar-refractivity contribution in [3.63, 3.8) is 0 Å². The summed E-state index contributed by atoms with van der Waals surface area (Å²) >= 11 is 1.47. The van der Waals surface area contributed by atoms with Crippen LogP contribution in [0.5, 0.6) is 11.5 Å². The van der Waals surface area contributed by atoms with Crippen molar-refractivity contribution < 1.29 is 14.4 Å². The van der Waals surface area contributed by atoms with E-state index < -0.39 is 4.92 Å². The van der Waals surface area contributed by atoms with E-state index in [2.05, 4.69) is 15.5 Å². The van der Waals surface area contributed by atoms with Gasteiger partial charge >= 0.3 is 0 Å². The maximum atomic E-state index is 11.2. The first-order chi connectivity index (χ1) is 15.7. The molecule has 1 aromatic heterocycles. The monoisotopic (exact) mass is 448 g/mol. The maximum Gasteiger partial charge on any atom is 0.270 e. The predicted molar refractivity (Wildman–Crippen MR) is 126 cm³/mol. The maximum absolute atomic E-state index is 11.2. The Balaban J connectivity index is 1.38. The second kappa shape index (κ2) is 10.4. The molecule has 162 valence electrons. The average molecular weight is 449 g/mol. The number of non-ortho nitro benzene ring substituents is 1. The van der Waals surface area contributed by atoms with Gasteiger partial charge in [0.15, 0.2) is 0 Å². The van der Waals surface area contributed by atoms with Gasteiger partial charge in [-0.15, -0.1) is 0 Å². The number of anilines is 1. The summed E-state index contributed by atoms with van der Waals surface area (Å²) in [5, 5.41) is 16.0. The van der Waals surface area contributed by atoms with Crippen molar-refractivity contribution in [3.8, 4) is 11.5 Å². The third-order valence-electron chi connectivity index (χ3n) is 4.42. The van der Waals surface area contributed by atoms with Gasteiger partial charge in [-0.2, -0.15) is 5.10 Å². The minimum absolute atomic E-state index is 0.0359. The van der Waals surface area contributed by atoms with Crippen LogP contribution in [-0.2, 0) is 0 Å². The predicted octanol–water partition coefficient (Wildman–Crippen LogP) is 5.50. The smallest absolute Gasteiger partial charge is 0.270 e. The van der Waals surface area contributed by atoms with Crippen molar-refractivity contribution in [2.45, 2.75) is 6.42 Å². The molecule has 4 rings (SSSR count). The molecule has 32 heavy (non-hydrogen) atoms. The number of thiazole rings is 1. The third kappa shape index (κ3) is 5.58. The minimum atomic E-state index is -0.449. The molecule has 8 nitrogen and oxygen atoms in total. The van der Waals surface area contributed by atoms with Crippen molar-refractivity contribution in [2.24, 2.45) is 5.10 Å². The summed E-state index contributed by atoms with van der Waals surface area (Å²) in [6.45, 7) is 0.899. The molecule has 0 aliphatic rings. The molecule has 0 aliphatic heterocycles. The van der Waals surface area contributed by atoms with Gasteiger partial charge in [0.25, 0.3) is 5.69 Å². The van der Waals surface area contributed by atoms with Crippen molar-refractivity contribution in [1.29, 1.82) is 0 Å². The molecule has 1 N–H and O–H groups in total. The highest BCUT2D eigenvalue weighted by atomic mass is 32.1. The number of ether oxygens (including phenoxy) is 2. The molecule has 0 radical (unpaired) electrons. The molecule has 0 fully saturated rings. The fourth-order valence-corrected chi connectivity index (χ4v) is 3.72. The first-order valence-corrected chi connectivity index (χ1v) is 10.7. The zero-order valence-corrected chi connectivity index (χ0v) is 17.8. The highest BCUT2D eigenvalue weighted by molar-refractivity contribution is 7.22. The van der Waals surface area contributed by atoms with Gasteiger partial charge in [0.05, 0.1) is 34.6 Å². The number of nitrogens with one attached hydrogen (secondary N) is 1. The van der Waals surface area contributed by atoms with E-state index >= 15 is 0 Å². The zero-order chi connectivity index (χ0) is 22.2. The van der Waals surface area contributed by atoms with Crippen molar-refractivity contribution in [1.82, 2.24) is 4.98 Å². The molecule has 0 spiro atoms. The number of fused-ring (bicyclic) bond motifs is 1. The van der Waals surface area contributed by atoms with Crippen LogP contribution >= 0.6 is 11.3 Å². The van der Waals surface area contributed by atoms with Gasteiger partial charge in [0, 0.05) is 24.1 Å². The molecule has 9 heteroatoms. The molecule has 1 heterocycles. The van der Waals surface area contributed by atoms with Crippen LogP contribution in [0.25, 0.3) is 10.2 Å². The lowest BCUT2D eigenvalue weighted by Crippen LogP contribution is -2.06. The number of para-hydroxylation sites is 2. The first kappa shape index (κ1) is 21.3. The Kier molecular flexibility index (Phi) is 6.88. The Morgan fingerprint density at radius 3 is 2.62 bits per heavy atom. The number of nitrogens with zero attached hydrogens (tertiary/aromatic N) is 3. The van der Waals surface area contributed by atoms with E-state index in [1.165, 1.54) is 29.7 Å². The first-order valence-electron chi connectivity index (χ1n) is 9.93. The number of rotatable bonds is 10. The van der Waals surface area contributed by atoms with Crippen molar-refractivity contribution in [2.75, 3.05) is 18.6 Å². The average Bonchev–Trinajstić information content (AvgIpc) is 3.23. The van der Waals surface area contributed by atoms with Crippen LogP contribution in [-0.4, -0.2) is 29.3 Å². The number of hydrogen-bond acceptors (Lipinski definition) is 8. The molecular weight excluding hydrogens is 428 g/mol.